The first kappa shape index (κ1) is 27.2. The van der Waals surface area contributed by atoms with Crippen LogP contribution in [0.4, 0.5) is 5.69 Å². The molecule has 2 aromatic carbocycles. The first-order valence-corrected chi connectivity index (χ1v) is 13.2. The van der Waals surface area contributed by atoms with Gasteiger partial charge in [-0.25, -0.2) is 8.42 Å². The lowest BCUT2D eigenvalue weighted by molar-refractivity contribution is -0.140. The van der Waals surface area contributed by atoms with E-state index in [0.29, 0.717) is 24.6 Å². The SMILES string of the molecule is CCOc1ccccc1N(CCCC(=O)N(Cc1ccccc1C)[C@H](C)C(=O)NC)S(C)(=O)=O. The van der Waals surface area contributed by atoms with Crippen LogP contribution in [0.5, 0.6) is 5.75 Å². The molecule has 2 amide bonds. The highest BCUT2D eigenvalue weighted by atomic mass is 32.2. The molecule has 1 atom stereocenters. The summed E-state index contributed by atoms with van der Waals surface area (Å²) in [5.41, 5.74) is 2.42. The number of ether oxygens (including phenoxy) is 1. The average Bonchev–Trinajstić information content (AvgIpc) is 2.80. The van der Waals surface area contributed by atoms with E-state index in [0.717, 1.165) is 17.4 Å². The van der Waals surface area contributed by atoms with Gasteiger partial charge in [0.15, 0.2) is 0 Å². The Morgan fingerprint density at radius 1 is 1.09 bits per heavy atom. The summed E-state index contributed by atoms with van der Waals surface area (Å²) in [6.07, 6.45) is 1.52. The third-order valence-electron chi connectivity index (χ3n) is 5.60. The molecular weight excluding hydrogens is 454 g/mol. The Morgan fingerprint density at radius 3 is 2.35 bits per heavy atom. The summed E-state index contributed by atoms with van der Waals surface area (Å²) >= 11 is 0. The molecule has 0 spiro atoms. The topological polar surface area (TPSA) is 96.0 Å². The van der Waals surface area contributed by atoms with Gasteiger partial charge in [-0.3, -0.25) is 13.9 Å². The fourth-order valence-electron chi connectivity index (χ4n) is 3.69. The van der Waals surface area contributed by atoms with Crippen LogP contribution in [0, 0.1) is 6.92 Å². The molecule has 8 nitrogen and oxygen atoms in total. The molecule has 0 saturated heterocycles. The molecule has 34 heavy (non-hydrogen) atoms. The molecule has 1 N–H and O–H groups in total. The Kier molecular flexibility index (Phi) is 9.92. The molecule has 0 bridgehead atoms. The van der Waals surface area contributed by atoms with E-state index < -0.39 is 16.1 Å². The predicted molar refractivity (Wildman–Crippen MR) is 134 cm³/mol. The summed E-state index contributed by atoms with van der Waals surface area (Å²) in [5, 5.41) is 2.60. The summed E-state index contributed by atoms with van der Waals surface area (Å²) in [6, 6.07) is 14.0. The molecule has 0 fully saturated rings. The summed E-state index contributed by atoms with van der Waals surface area (Å²) in [5.74, 6) is -0.00703. The molecule has 0 aliphatic heterocycles. The van der Waals surface area contributed by atoms with E-state index in [4.69, 9.17) is 4.74 Å². The Hall–Kier alpha value is -3.07. The second kappa shape index (κ2) is 12.4. The van der Waals surface area contributed by atoms with Gasteiger partial charge < -0.3 is 15.0 Å². The van der Waals surface area contributed by atoms with Gasteiger partial charge in [-0.05, 0) is 50.5 Å². The van der Waals surface area contributed by atoms with Crippen molar-refractivity contribution in [2.24, 2.45) is 0 Å². The zero-order chi connectivity index (χ0) is 25.3. The van der Waals surface area contributed by atoms with E-state index in [2.05, 4.69) is 5.32 Å². The van der Waals surface area contributed by atoms with Gasteiger partial charge >= 0.3 is 0 Å². The van der Waals surface area contributed by atoms with Crippen LogP contribution in [0.1, 0.15) is 37.8 Å². The van der Waals surface area contributed by atoms with Gasteiger partial charge in [0.2, 0.25) is 21.8 Å². The monoisotopic (exact) mass is 489 g/mol. The summed E-state index contributed by atoms with van der Waals surface area (Å²) in [6.45, 7) is 6.29. The number of hydrogen-bond donors (Lipinski definition) is 1. The minimum atomic E-state index is -3.60. The van der Waals surface area contributed by atoms with Gasteiger partial charge in [0.25, 0.3) is 0 Å². The van der Waals surface area contributed by atoms with E-state index in [-0.39, 0.29) is 31.2 Å². The van der Waals surface area contributed by atoms with Gasteiger partial charge in [-0.2, -0.15) is 0 Å². The second-order valence-electron chi connectivity index (χ2n) is 8.08. The number of hydrogen-bond acceptors (Lipinski definition) is 5. The maximum atomic E-state index is 13.2. The minimum Gasteiger partial charge on any atom is -0.492 e. The van der Waals surface area contributed by atoms with Crippen molar-refractivity contribution >= 4 is 27.5 Å². The number of nitrogens with one attached hydrogen (secondary N) is 1. The third-order valence-corrected chi connectivity index (χ3v) is 6.78. The zero-order valence-electron chi connectivity index (χ0n) is 20.6. The van der Waals surface area contributed by atoms with Crippen molar-refractivity contribution in [2.75, 3.05) is 30.8 Å². The molecule has 0 saturated carbocycles. The fourth-order valence-corrected chi connectivity index (χ4v) is 4.65. The number of likely N-dealkylation sites (N-methyl/N-ethyl adjacent to an activating group) is 1. The maximum Gasteiger partial charge on any atom is 0.242 e. The van der Waals surface area contributed by atoms with E-state index in [9.17, 15) is 18.0 Å². The lowest BCUT2D eigenvalue weighted by atomic mass is 10.1. The number of carbonyl (C=O) groups is 2. The largest absolute Gasteiger partial charge is 0.492 e. The van der Waals surface area contributed by atoms with Crippen molar-refractivity contribution in [3.05, 3.63) is 59.7 Å². The first-order valence-electron chi connectivity index (χ1n) is 11.3. The van der Waals surface area contributed by atoms with Crippen molar-refractivity contribution < 1.29 is 22.7 Å². The van der Waals surface area contributed by atoms with Crippen molar-refractivity contribution in [3.63, 3.8) is 0 Å². The average molecular weight is 490 g/mol. The van der Waals surface area contributed by atoms with Crippen molar-refractivity contribution in [1.82, 2.24) is 10.2 Å². The molecule has 0 aliphatic rings. The van der Waals surface area contributed by atoms with Gasteiger partial charge in [0, 0.05) is 26.6 Å². The van der Waals surface area contributed by atoms with E-state index >= 15 is 0 Å². The first-order chi connectivity index (χ1) is 16.1. The Labute approximate surface area is 202 Å². The molecular formula is C25H35N3O5S. The predicted octanol–water partition coefficient (Wildman–Crippen LogP) is 3.10. The van der Waals surface area contributed by atoms with E-state index in [1.807, 2.05) is 38.1 Å². The van der Waals surface area contributed by atoms with Crippen LogP contribution in [0.25, 0.3) is 0 Å². The van der Waals surface area contributed by atoms with Gasteiger partial charge in [-0.15, -0.1) is 0 Å². The molecule has 0 unspecified atom stereocenters. The van der Waals surface area contributed by atoms with Gasteiger partial charge in [0.05, 0.1) is 18.6 Å². The number of nitrogens with zero attached hydrogens (tertiary/aromatic N) is 2. The molecule has 0 aliphatic carbocycles. The fraction of sp³-hybridized carbons (Fsp3) is 0.440. The number of para-hydroxylation sites is 2. The molecule has 2 rings (SSSR count). The van der Waals surface area contributed by atoms with Crippen LogP contribution in [-0.2, 0) is 26.2 Å². The zero-order valence-corrected chi connectivity index (χ0v) is 21.4. The van der Waals surface area contributed by atoms with Gasteiger partial charge in [0.1, 0.15) is 11.8 Å². The minimum absolute atomic E-state index is 0.0933. The normalized spacial score (nSPS) is 12.0. The maximum absolute atomic E-state index is 13.2. The number of amides is 2. The van der Waals surface area contributed by atoms with Crippen LogP contribution in [-0.4, -0.2) is 57.6 Å². The smallest absolute Gasteiger partial charge is 0.242 e. The number of aryl methyl sites for hydroxylation is 1. The molecule has 2 aromatic rings. The molecule has 0 radical (unpaired) electrons. The third kappa shape index (κ3) is 7.21. The van der Waals surface area contributed by atoms with Crippen molar-refractivity contribution in [2.45, 2.75) is 46.2 Å². The molecule has 0 aromatic heterocycles. The van der Waals surface area contributed by atoms with E-state index in [1.54, 1.807) is 36.1 Å². The molecule has 186 valence electrons. The lowest BCUT2D eigenvalue weighted by Crippen LogP contribution is -2.47. The Balaban J connectivity index is 2.20. The second-order valence-corrected chi connectivity index (χ2v) is 9.98. The standard InChI is InChI=1S/C25H35N3O5S/c1-6-33-23-15-10-9-14-22(23)28(34(5,31)32)17-11-16-24(29)27(20(3)25(30)26-4)18-21-13-8-7-12-19(21)2/h7-10,12-15,20H,6,11,16-18H2,1-5H3,(H,26,30)/t20-/m1/s1. The van der Waals surface area contributed by atoms with Crippen molar-refractivity contribution in [3.8, 4) is 5.75 Å². The number of sulfonamides is 1. The summed E-state index contributed by atoms with van der Waals surface area (Å²) in [7, 11) is -2.06. The number of benzene rings is 2. The van der Waals surface area contributed by atoms with Crippen molar-refractivity contribution in [1.29, 1.82) is 0 Å². The molecule has 9 heteroatoms. The highest BCUT2D eigenvalue weighted by Gasteiger charge is 2.27. The van der Waals surface area contributed by atoms with Crippen LogP contribution in [0.2, 0.25) is 0 Å². The Bertz CT molecular complexity index is 1090. The Morgan fingerprint density at radius 2 is 1.74 bits per heavy atom. The van der Waals surface area contributed by atoms with E-state index in [1.165, 1.54) is 11.4 Å². The number of anilines is 1. The number of carbonyl (C=O) groups excluding carboxylic acids is 2. The van der Waals surface area contributed by atoms with Crippen LogP contribution < -0.4 is 14.4 Å². The molecule has 0 heterocycles. The van der Waals surface area contributed by atoms with Crippen LogP contribution >= 0.6 is 0 Å². The highest BCUT2D eigenvalue weighted by molar-refractivity contribution is 7.92. The number of rotatable bonds is 12. The highest BCUT2D eigenvalue weighted by Crippen LogP contribution is 2.30. The summed E-state index contributed by atoms with van der Waals surface area (Å²) in [4.78, 5) is 27.1. The summed E-state index contributed by atoms with van der Waals surface area (Å²) < 4.78 is 31.9. The van der Waals surface area contributed by atoms with Gasteiger partial charge in [-0.1, -0.05) is 36.4 Å². The van der Waals surface area contributed by atoms with Crippen LogP contribution in [0.15, 0.2) is 48.5 Å². The lowest BCUT2D eigenvalue weighted by Gasteiger charge is -2.29. The van der Waals surface area contributed by atoms with Crippen LogP contribution in [0.3, 0.4) is 0 Å². The quantitative estimate of drug-likeness (QED) is 0.494.